The second kappa shape index (κ2) is 5.28. The highest BCUT2D eigenvalue weighted by molar-refractivity contribution is 5.71. The van der Waals surface area contributed by atoms with E-state index < -0.39 is 11.9 Å². The minimum absolute atomic E-state index is 0.0100. The predicted octanol–water partition coefficient (Wildman–Crippen LogP) is 0.984. The van der Waals surface area contributed by atoms with E-state index in [-0.39, 0.29) is 6.04 Å². The summed E-state index contributed by atoms with van der Waals surface area (Å²) in [5.74, 6) is -1.16. The first-order valence-electron chi connectivity index (χ1n) is 5.25. The molecular weight excluding hydrogens is 194 g/mol. The summed E-state index contributed by atoms with van der Waals surface area (Å²) < 4.78 is 5.24. The SMILES string of the molecule is C=C(C)CN(CC)C1COCC1C(=O)O. The Morgan fingerprint density at radius 3 is 2.73 bits per heavy atom. The van der Waals surface area contributed by atoms with E-state index in [0.717, 1.165) is 18.7 Å². The number of carboxylic acid groups (broad SMARTS) is 1. The van der Waals surface area contributed by atoms with Gasteiger partial charge in [-0.2, -0.15) is 0 Å². The Morgan fingerprint density at radius 1 is 1.60 bits per heavy atom. The van der Waals surface area contributed by atoms with Crippen LogP contribution < -0.4 is 0 Å². The molecule has 15 heavy (non-hydrogen) atoms. The van der Waals surface area contributed by atoms with E-state index in [0.29, 0.717) is 13.2 Å². The molecule has 1 aliphatic heterocycles. The minimum Gasteiger partial charge on any atom is -0.481 e. The molecule has 0 aromatic heterocycles. The minimum atomic E-state index is -0.766. The summed E-state index contributed by atoms with van der Waals surface area (Å²) in [5.41, 5.74) is 1.05. The lowest BCUT2D eigenvalue weighted by atomic mass is 10.0. The van der Waals surface area contributed by atoms with Crippen molar-refractivity contribution >= 4 is 5.97 Å². The number of hydrogen-bond acceptors (Lipinski definition) is 3. The van der Waals surface area contributed by atoms with Crippen LogP contribution in [0.25, 0.3) is 0 Å². The Kier molecular flexibility index (Phi) is 4.29. The highest BCUT2D eigenvalue weighted by atomic mass is 16.5. The van der Waals surface area contributed by atoms with E-state index in [9.17, 15) is 4.79 Å². The molecule has 1 saturated heterocycles. The van der Waals surface area contributed by atoms with E-state index >= 15 is 0 Å². The molecule has 0 radical (unpaired) electrons. The summed E-state index contributed by atoms with van der Waals surface area (Å²) in [5, 5.41) is 9.03. The Hall–Kier alpha value is -0.870. The fraction of sp³-hybridized carbons (Fsp3) is 0.727. The van der Waals surface area contributed by atoms with Crippen molar-refractivity contribution in [1.29, 1.82) is 0 Å². The van der Waals surface area contributed by atoms with Gasteiger partial charge in [0.15, 0.2) is 0 Å². The van der Waals surface area contributed by atoms with Gasteiger partial charge in [-0.05, 0) is 13.5 Å². The van der Waals surface area contributed by atoms with Crippen molar-refractivity contribution in [2.45, 2.75) is 19.9 Å². The molecule has 1 fully saturated rings. The Morgan fingerprint density at radius 2 is 2.27 bits per heavy atom. The van der Waals surface area contributed by atoms with Gasteiger partial charge in [0.2, 0.25) is 0 Å². The average molecular weight is 213 g/mol. The zero-order chi connectivity index (χ0) is 11.4. The lowest BCUT2D eigenvalue weighted by Gasteiger charge is -2.29. The van der Waals surface area contributed by atoms with Gasteiger partial charge in [0.1, 0.15) is 0 Å². The molecule has 86 valence electrons. The second-order valence-electron chi connectivity index (χ2n) is 4.07. The van der Waals surface area contributed by atoms with Crippen LogP contribution >= 0.6 is 0 Å². The van der Waals surface area contributed by atoms with E-state index in [4.69, 9.17) is 9.84 Å². The third-order valence-corrected chi connectivity index (χ3v) is 2.72. The molecular formula is C11H19NO3. The maximum absolute atomic E-state index is 11.0. The van der Waals surface area contributed by atoms with Crippen LogP contribution in [0.2, 0.25) is 0 Å². The van der Waals surface area contributed by atoms with Crippen molar-refractivity contribution in [2.24, 2.45) is 5.92 Å². The Bertz CT molecular complexity index is 252. The summed E-state index contributed by atoms with van der Waals surface area (Å²) in [6, 6.07) is -0.0100. The molecule has 1 rings (SSSR count). The van der Waals surface area contributed by atoms with Gasteiger partial charge in [-0.3, -0.25) is 9.69 Å². The first-order chi connectivity index (χ1) is 7.06. The smallest absolute Gasteiger partial charge is 0.310 e. The number of carboxylic acids is 1. The molecule has 0 aromatic carbocycles. The van der Waals surface area contributed by atoms with Crippen molar-refractivity contribution < 1.29 is 14.6 Å². The molecule has 1 aliphatic rings. The van der Waals surface area contributed by atoms with Gasteiger partial charge in [-0.15, -0.1) is 0 Å². The molecule has 1 N–H and O–H groups in total. The van der Waals surface area contributed by atoms with Crippen LogP contribution in [-0.2, 0) is 9.53 Å². The molecule has 4 heteroatoms. The van der Waals surface area contributed by atoms with Gasteiger partial charge in [0.05, 0.1) is 19.1 Å². The molecule has 2 atom stereocenters. The molecule has 0 bridgehead atoms. The molecule has 0 saturated carbocycles. The Labute approximate surface area is 90.5 Å². The van der Waals surface area contributed by atoms with Crippen molar-refractivity contribution in [2.75, 3.05) is 26.3 Å². The summed E-state index contributed by atoms with van der Waals surface area (Å²) in [6.45, 7) is 10.2. The van der Waals surface area contributed by atoms with Crippen molar-refractivity contribution in [3.63, 3.8) is 0 Å². The summed E-state index contributed by atoms with van der Waals surface area (Å²) in [4.78, 5) is 13.1. The Balaban J connectivity index is 2.66. The maximum Gasteiger partial charge on any atom is 0.310 e. The number of nitrogens with zero attached hydrogens (tertiary/aromatic N) is 1. The number of carbonyl (C=O) groups is 1. The quantitative estimate of drug-likeness (QED) is 0.692. The number of likely N-dealkylation sites (N-methyl/N-ethyl adjacent to an activating group) is 1. The molecule has 1 heterocycles. The van der Waals surface area contributed by atoms with Crippen LogP contribution in [-0.4, -0.2) is 48.3 Å². The number of hydrogen-bond donors (Lipinski definition) is 1. The third kappa shape index (κ3) is 3.04. The molecule has 0 aromatic rings. The average Bonchev–Trinajstić information content (AvgIpc) is 2.62. The molecule has 0 amide bonds. The molecule has 0 aliphatic carbocycles. The summed E-state index contributed by atoms with van der Waals surface area (Å²) >= 11 is 0. The van der Waals surface area contributed by atoms with Gasteiger partial charge in [0.25, 0.3) is 0 Å². The van der Waals surface area contributed by atoms with E-state index in [1.165, 1.54) is 0 Å². The molecule has 4 nitrogen and oxygen atoms in total. The van der Waals surface area contributed by atoms with Crippen molar-refractivity contribution in [3.8, 4) is 0 Å². The van der Waals surface area contributed by atoms with Crippen LogP contribution in [0.3, 0.4) is 0 Å². The fourth-order valence-corrected chi connectivity index (χ4v) is 1.95. The van der Waals surface area contributed by atoms with Crippen LogP contribution in [0.1, 0.15) is 13.8 Å². The number of rotatable bonds is 5. The van der Waals surface area contributed by atoms with Crippen molar-refractivity contribution in [3.05, 3.63) is 12.2 Å². The van der Waals surface area contributed by atoms with Gasteiger partial charge in [-0.1, -0.05) is 19.1 Å². The normalized spacial score (nSPS) is 25.8. The van der Waals surface area contributed by atoms with Crippen LogP contribution in [0.5, 0.6) is 0 Å². The van der Waals surface area contributed by atoms with Gasteiger partial charge in [-0.25, -0.2) is 0 Å². The topological polar surface area (TPSA) is 49.8 Å². The number of ether oxygens (including phenoxy) is 1. The van der Waals surface area contributed by atoms with Crippen LogP contribution in [0.4, 0.5) is 0 Å². The van der Waals surface area contributed by atoms with Crippen LogP contribution in [0.15, 0.2) is 12.2 Å². The van der Waals surface area contributed by atoms with E-state index in [1.807, 2.05) is 13.8 Å². The highest BCUT2D eigenvalue weighted by Crippen LogP contribution is 2.20. The molecule has 0 spiro atoms. The summed E-state index contributed by atoms with van der Waals surface area (Å²) in [6.07, 6.45) is 0. The maximum atomic E-state index is 11.0. The first kappa shape index (κ1) is 12.2. The number of aliphatic carboxylic acids is 1. The third-order valence-electron chi connectivity index (χ3n) is 2.72. The standard InChI is InChI=1S/C11H19NO3/c1-4-12(5-8(2)3)10-7-15-6-9(10)11(13)14/h9-10H,2,4-7H2,1,3H3,(H,13,14). The monoisotopic (exact) mass is 213 g/mol. The van der Waals surface area contributed by atoms with Gasteiger partial charge < -0.3 is 9.84 Å². The second-order valence-corrected chi connectivity index (χ2v) is 4.07. The summed E-state index contributed by atoms with van der Waals surface area (Å²) in [7, 11) is 0. The fourth-order valence-electron chi connectivity index (χ4n) is 1.95. The van der Waals surface area contributed by atoms with E-state index in [1.54, 1.807) is 0 Å². The largest absolute Gasteiger partial charge is 0.481 e. The zero-order valence-electron chi connectivity index (χ0n) is 9.40. The van der Waals surface area contributed by atoms with Gasteiger partial charge in [0, 0.05) is 12.6 Å². The highest BCUT2D eigenvalue weighted by Gasteiger charge is 2.37. The molecule has 2 unspecified atom stereocenters. The first-order valence-corrected chi connectivity index (χ1v) is 5.25. The predicted molar refractivity (Wildman–Crippen MR) is 57.8 cm³/mol. The van der Waals surface area contributed by atoms with Gasteiger partial charge >= 0.3 is 5.97 Å². The van der Waals surface area contributed by atoms with Crippen molar-refractivity contribution in [1.82, 2.24) is 4.90 Å². The lowest BCUT2D eigenvalue weighted by Crippen LogP contribution is -2.43. The lowest BCUT2D eigenvalue weighted by molar-refractivity contribution is -0.143. The van der Waals surface area contributed by atoms with Crippen LogP contribution in [0, 0.1) is 5.92 Å². The van der Waals surface area contributed by atoms with E-state index in [2.05, 4.69) is 11.5 Å². The zero-order valence-corrected chi connectivity index (χ0v) is 9.40.